The van der Waals surface area contributed by atoms with Crippen LogP contribution in [0, 0.1) is 12.8 Å². The molecule has 0 bridgehead atoms. The Kier molecular flexibility index (Phi) is 9.55. The Balaban J connectivity index is 1.43. The number of hydrogen-bond acceptors (Lipinski definition) is 13. The van der Waals surface area contributed by atoms with Crippen LogP contribution < -0.4 is 20.1 Å². The molecule has 0 spiro atoms. The predicted octanol–water partition coefficient (Wildman–Crippen LogP) is 3.27. The molecule has 2 aromatic carbocycles. The molecule has 1 aliphatic heterocycles. The van der Waals surface area contributed by atoms with E-state index in [0.29, 0.717) is 11.2 Å². The van der Waals surface area contributed by atoms with Crippen LogP contribution in [0.2, 0.25) is 0 Å². The normalized spacial score (nSPS) is 23.5. The van der Waals surface area contributed by atoms with Gasteiger partial charge in [-0.25, -0.2) is 9.55 Å². The molecule has 5 rings (SSSR count). The number of ether oxygens (including phenoxy) is 3. The summed E-state index contributed by atoms with van der Waals surface area (Å²) in [7, 11) is -2.96. The summed E-state index contributed by atoms with van der Waals surface area (Å²) in [5, 5.41) is 26.9. The topological polar surface area (TPSA) is 202 Å². The van der Waals surface area contributed by atoms with Gasteiger partial charge in [0.25, 0.3) is 0 Å². The van der Waals surface area contributed by atoms with Gasteiger partial charge in [0.1, 0.15) is 35.4 Å². The first kappa shape index (κ1) is 33.5. The first-order chi connectivity index (χ1) is 21.7. The second-order valence-electron chi connectivity index (χ2n) is 11.7. The molecule has 3 heterocycles. The molecule has 2 aromatic heterocycles. The molecule has 4 aromatic rings. The fourth-order valence-electron chi connectivity index (χ4n) is 5.18. The first-order valence-corrected chi connectivity index (χ1v) is 16.3. The lowest BCUT2D eigenvalue weighted by atomic mass is 9.96. The third-order valence-electron chi connectivity index (χ3n) is 7.52. The average Bonchev–Trinajstić information content (AvgIpc) is 3.44. The number of rotatable bonds is 12. The van der Waals surface area contributed by atoms with E-state index in [9.17, 15) is 19.6 Å². The summed E-state index contributed by atoms with van der Waals surface area (Å²) in [6.45, 7) is 7.96. The van der Waals surface area contributed by atoms with E-state index in [1.54, 1.807) is 31.2 Å². The maximum atomic E-state index is 14.3. The summed E-state index contributed by atoms with van der Waals surface area (Å²) >= 11 is 0. The van der Waals surface area contributed by atoms with Crippen molar-refractivity contribution in [2.75, 3.05) is 26.1 Å². The standard InChI is InChI=1S/C30H39N6O9P/c1-16(2)14-42-27(38)17(3)35-46(40,45-21-13-9-11-19-10-7-8-12-20(19)21)43-15-22-24(37)30(5,39)28(44-22)36-18(4)32-23-25(36)33-29(31)34-26(23)41-6/h7-13,16-17,22,24,28,37,39H,14-15H2,1-6H3,(H,35,40)(H2,31,33,34). The van der Waals surface area contributed by atoms with Crippen LogP contribution in [0.1, 0.15) is 39.7 Å². The minimum Gasteiger partial charge on any atom is -0.479 e. The van der Waals surface area contributed by atoms with Crippen LogP contribution in [0.4, 0.5) is 5.95 Å². The van der Waals surface area contributed by atoms with E-state index < -0.39 is 50.4 Å². The number of nitrogens with zero attached hydrogens (tertiary/aromatic N) is 4. The molecule has 46 heavy (non-hydrogen) atoms. The number of nitrogens with one attached hydrogen (secondary N) is 1. The van der Waals surface area contributed by atoms with Crippen LogP contribution in [-0.4, -0.2) is 79.9 Å². The van der Waals surface area contributed by atoms with Crippen molar-refractivity contribution in [3.8, 4) is 11.6 Å². The summed E-state index contributed by atoms with van der Waals surface area (Å²) < 4.78 is 44.4. The van der Waals surface area contributed by atoms with Gasteiger partial charge >= 0.3 is 13.7 Å². The van der Waals surface area contributed by atoms with Gasteiger partial charge in [-0.15, -0.1) is 0 Å². The van der Waals surface area contributed by atoms with Crippen LogP contribution in [0.3, 0.4) is 0 Å². The lowest BCUT2D eigenvalue weighted by Crippen LogP contribution is -2.44. The number of aliphatic hydroxyl groups is 2. The van der Waals surface area contributed by atoms with E-state index in [1.165, 1.54) is 25.5 Å². The summed E-state index contributed by atoms with van der Waals surface area (Å²) in [4.78, 5) is 25.5. The third kappa shape index (κ3) is 6.66. The van der Waals surface area contributed by atoms with Gasteiger partial charge in [0.2, 0.25) is 11.8 Å². The molecule has 0 aliphatic carbocycles. The number of nitrogen functional groups attached to an aromatic ring is 1. The quantitative estimate of drug-likeness (QED) is 0.128. The van der Waals surface area contributed by atoms with Gasteiger partial charge < -0.3 is 34.7 Å². The van der Waals surface area contributed by atoms with Crippen molar-refractivity contribution < 1.29 is 42.8 Å². The van der Waals surface area contributed by atoms with Crippen molar-refractivity contribution in [3.63, 3.8) is 0 Å². The van der Waals surface area contributed by atoms with Crippen molar-refractivity contribution >= 4 is 41.6 Å². The number of aliphatic hydroxyl groups excluding tert-OH is 1. The van der Waals surface area contributed by atoms with Crippen molar-refractivity contribution in [3.05, 3.63) is 48.3 Å². The van der Waals surface area contributed by atoms with E-state index in [1.807, 2.05) is 32.0 Å². The Morgan fingerprint density at radius 3 is 2.61 bits per heavy atom. The highest BCUT2D eigenvalue weighted by Crippen LogP contribution is 2.49. The first-order valence-electron chi connectivity index (χ1n) is 14.7. The van der Waals surface area contributed by atoms with E-state index in [4.69, 9.17) is 29.0 Å². The lowest BCUT2D eigenvalue weighted by Gasteiger charge is -2.28. The maximum Gasteiger partial charge on any atom is 0.459 e. The van der Waals surface area contributed by atoms with Gasteiger partial charge in [-0.3, -0.25) is 13.9 Å². The molecule has 6 unspecified atom stereocenters. The summed E-state index contributed by atoms with van der Waals surface area (Å²) in [6, 6.07) is 11.5. The van der Waals surface area contributed by atoms with Crippen molar-refractivity contribution in [1.82, 2.24) is 24.6 Å². The van der Waals surface area contributed by atoms with Gasteiger partial charge in [-0.05, 0) is 38.1 Å². The molecule has 0 saturated carbocycles. The Hall–Kier alpha value is -3.85. The monoisotopic (exact) mass is 658 g/mol. The fraction of sp³-hybridized carbons (Fsp3) is 0.467. The number of hydrogen-bond donors (Lipinski definition) is 4. The van der Waals surface area contributed by atoms with Crippen molar-refractivity contribution in [2.45, 2.75) is 64.7 Å². The predicted molar refractivity (Wildman–Crippen MR) is 168 cm³/mol. The number of anilines is 1. The van der Waals surface area contributed by atoms with Gasteiger partial charge in [-0.2, -0.15) is 15.1 Å². The maximum absolute atomic E-state index is 14.3. The molecule has 1 saturated heterocycles. The minimum absolute atomic E-state index is 0.0909. The number of aryl methyl sites for hydroxylation is 1. The van der Waals surface area contributed by atoms with Crippen molar-refractivity contribution in [1.29, 1.82) is 0 Å². The van der Waals surface area contributed by atoms with Gasteiger partial charge in [-0.1, -0.05) is 50.2 Å². The van der Waals surface area contributed by atoms with Crippen LogP contribution in [0.25, 0.3) is 21.9 Å². The number of carbonyl (C=O) groups is 1. The Bertz CT molecular complexity index is 1780. The van der Waals surface area contributed by atoms with E-state index >= 15 is 0 Å². The summed E-state index contributed by atoms with van der Waals surface area (Å²) in [5.74, 6) is 0.0727. The van der Waals surface area contributed by atoms with Crippen LogP contribution in [0.5, 0.6) is 11.6 Å². The molecule has 16 heteroatoms. The molecule has 0 amide bonds. The molecule has 6 atom stereocenters. The van der Waals surface area contributed by atoms with Gasteiger partial charge in [0.15, 0.2) is 17.4 Å². The van der Waals surface area contributed by atoms with Crippen LogP contribution in [-0.2, 0) is 23.4 Å². The smallest absolute Gasteiger partial charge is 0.459 e. The molecule has 1 aliphatic rings. The number of benzene rings is 2. The van der Waals surface area contributed by atoms with E-state index in [2.05, 4.69) is 20.0 Å². The highest BCUT2D eigenvalue weighted by Gasteiger charge is 2.54. The van der Waals surface area contributed by atoms with E-state index in [-0.39, 0.29) is 41.3 Å². The molecule has 15 nitrogen and oxygen atoms in total. The zero-order chi connectivity index (χ0) is 33.4. The summed E-state index contributed by atoms with van der Waals surface area (Å²) in [5.41, 5.74) is 4.47. The number of esters is 1. The number of aromatic nitrogens is 4. The molecule has 248 valence electrons. The zero-order valence-electron chi connectivity index (χ0n) is 26.4. The molecule has 0 radical (unpaired) electrons. The summed E-state index contributed by atoms with van der Waals surface area (Å²) in [6.07, 6.45) is -3.97. The SMILES string of the molecule is COc1nc(N)nc2c1nc(C)n2C1OC(COP(=O)(NC(C)C(=O)OCC(C)C)Oc2cccc3ccccc23)C(O)C1(C)O. The number of methoxy groups -OCH3 is 1. The number of imidazole rings is 1. The highest BCUT2D eigenvalue weighted by molar-refractivity contribution is 7.52. The average molecular weight is 659 g/mol. The van der Waals surface area contributed by atoms with Gasteiger partial charge in [0, 0.05) is 5.39 Å². The number of fused-ring (bicyclic) bond motifs is 2. The molecular formula is C30H39N6O9P. The number of nitrogens with two attached hydrogens (primary N) is 1. The number of carbonyl (C=O) groups excluding carboxylic acids is 1. The Morgan fingerprint density at radius 2 is 1.89 bits per heavy atom. The minimum atomic E-state index is -4.37. The largest absolute Gasteiger partial charge is 0.479 e. The highest BCUT2D eigenvalue weighted by atomic mass is 31.2. The molecule has 5 N–H and O–H groups in total. The van der Waals surface area contributed by atoms with Crippen LogP contribution >= 0.6 is 7.75 Å². The van der Waals surface area contributed by atoms with Gasteiger partial charge in [0.05, 0.1) is 20.3 Å². The van der Waals surface area contributed by atoms with E-state index in [0.717, 1.165) is 5.39 Å². The van der Waals surface area contributed by atoms with Crippen molar-refractivity contribution in [2.24, 2.45) is 5.92 Å². The second-order valence-corrected chi connectivity index (χ2v) is 13.4. The zero-order valence-corrected chi connectivity index (χ0v) is 27.3. The second kappa shape index (κ2) is 13.1. The van der Waals surface area contributed by atoms with Crippen LogP contribution in [0.15, 0.2) is 42.5 Å². The molecular weight excluding hydrogens is 619 g/mol. The third-order valence-corrected chi connectivity index (χ3v) is 9.15. The Labute approximate surface area is 265 Å². The lowest BCUT2D eigenvalue weighted by molar-refractivity contribution is -0.146. The molecule has 1 fully saturated rings. The Morgan fingerprint density at radius 1 is 1.17 bits per heavy atom. The fourth-order valence-corrected chi connectivity index (χ4v) is 6.70.